The number of pyridine rings is 1. The minimum atomic E-state index is -0.944. The Morgan fingerprint density at radius 3 is 2.84 bits per heavy atom. The van der Waals surface area contributed by atoms with Crippen LogP contribution in [0.3, 0.4) is 0 Å². The lowest BCUT2D eigenvalue weighted by atomic mass is 10.3. The van der Waals surface area contributed by atoms with Crippen LogP contribution in [0.1, 0.15) is 9.67 Å². The number of nitrogens with one attached hydrogen (secondary N) is 1. The molecule has 0 fully saturated rings. The van der Waals surface area contributed by atoms with Gasteiger partial charge in [-0.05, 0) is 24.3 Å². The third-order valence-corrected chi connectivity index (χ3v) is 3.51. The molecule has 0 bridgehead atoms. The highest BCUT2D eigenvalue weighted by Gasteiger charge is 2.12. The van der Waals surface area contributed by atoms with Gasteiger partial charge in [0.1, 0.15) is 10.6 Å². The Morgan fingerprint density at radius 2 is 2.16 bits per heavy atom. The van der Waals surface area contributed by atoms with Crippen molar-refractivity contribution >= 4 is 17.3 Å². The van der Waals surface area contributed by atoms with Crippen molar-refractivity contribution in [3.8, 4) is 22.2 Å². The van der Waals surface area contributed by atoms with E-state index in [9.17, 15) is 4.79 Å². The molecule has 3 aromatic heterocycles. The summed E-state index contributed by atoms with van der Waals surface area (Å²) in [5, 5.41) is 15.7. The average Bonchev–Trinajstić information content (AvgIpc) is 3.09. The number of aromatic nitrogens is 4. The Balaban J connectivity index is 1.94. The van der Waals surface area contributed by atoms with Crippen LogP contribution >= 0.6 is 11.3 Å². The van der Waals surface area contributed by atoms with Crippen molar-refractivity contribution in [2.24, 2.45) is 0 Å². The summed E-state index contributed by atoms with van der Waals surface area (Å²) in [6.07, 6.45) is 1.67. The molecule has 7 heteroatoms. The Morgan fingerprint density at radius 1 is 1.26 bits per heavy atom. The van der Waals surface area contributed by atoms with Gasteiger partial charge in [0.15, 0.2) is 11.6 Å². The van der Waals surface area contributed by atoms with Gasteiger partial charge in [-0.2, -0.15) is 5.10 Å². The fraction of sp³-hybridized carbons (Fsp3) is 0. The zero-order valence-electron chi connectivity index (χ0n) is 9.57. The SMILES string of the molecule is O=C(O)c1ccc(-c2nc(-c3ccccn3)n[nH]2)s1. The molecule has 3 aromatic rings. The zero-order valence-corrected chi connectivity index (χ0v) is 10.4. The van der Waals surface area contributed by atoms with Crippen LogP contribution in [0.4, 0.5) is 0 Å². The first-order valence-electron chi connectivity index (χ1n) is 5.41. The van der Waals surface area contributed by atoms with Crippen molar-refractivity contribution in [3.05, 3.63) is 41.4 Å². The molecule has 0 spiro atoms. The molecular weight excluding hydrogens is 264 g/mol. The molecule has 0 aliphatic rings. The van der Waals surface area contributed by atoms with Gasteiger partial charge in [-0.3, -0.25) is 10.1 Å². The molecule has 3 rings (SSSR count). The maximum Gasteiger partial charge on any atom is 0.345 e. The van der Waals surface area contributed by atoms with Gasteiger partial charge in [0.05, 0.1) is 4.88 Å². The predicted octanol–water partition coefficient (Wildman–Crippen LogP) is 2.29. The summed E-state index contributed by atoms with van der Waals surface area (Å²) in [5.74, 6) is 0.0831. The summed E-state index contributed by atoms with van der Waals surface area (Å²) < 4.78 is 0. The average molecular weight is 272 g/mol. The van der Waals surface area contributed by atoms with E-state index in [2.05, 4.69) is 20.2 Å². The minimum absolute atomic E-state index is 0.269. The largest absolute Gasteiger partial charge is 0.477 e. The Labute approximate surface area is 111 Å². The van der Waals surface area contributed by atoms with Crippen LogP contribution in [0, 0.1) is 0 Å². The fourth-order valence-corrected chi connectivity index (χ4v) is 2.35. The second-order valence-electron chi connectivity index (χ2n) is 3.69. The second kappa shape index (κ2) is 4.62. The zero-order chi connectivity index (χ0) is 13.2. The molecule has 3 heterocycles. The Hall–Kier alpha value is -2.54. The number of carboxylic acids is 1. The number of hydrogen-bond donors (Lipinski definition) is 2. The lowest BCUT2D eigenvalue weighted by Gasteiger charge is -1.90. The van der Waals surface area contributed by atoms with Crippen LogP contribution in [0.15, 0.2) is 36.5 Å². The van der Waals surface area contributed by atoms with Gasteiger partial charge in [0, 0.05) is 6.20 Å². The number of aromatic carboxylic acids is 1. The molecule has 0 aromatic carbocycles. The summed E-state index contributed by atoms with van der Waals surface area (Å²) in [4.78, 5) is 20.3. The number of thiophene rings is 1. The maximum atomic E-state index is 10.8. The smallest absolute Gasteiger partial charge is 0.345 e. The molecule has 0 aliphatic carbocycles. The summed E-state index contributed by atoms with van der Waals surface area (Å²) in [7, 11) is 0. The lowest BCUT2D eigenvalue weighted by Crippen LogP contribution is -1.89. The molecule has 19 heavy (non-hydrogen) atoms. The lowest BCUT2D eigenvalue weighted by molar-refractivity contribution is 0.0702. The number of rotatable bonds is 3. The van der Waals surface area contributed by atoms with Crippen molar-refractivity contribution in [2.45, 2.75) is 0 Å². The van der Waals surface area contributed by atoms with E-state index < -0.39 is 5.97 Å². The van der Waals surface area contributed by atoms with Crippen LogP contribution in [-0.2, 0) is 0 Å². The van der Waals surface area contributed by atoms with E-state index in [1.807, 2.05) is 18.2 Å². The molecule has 0 aliphatic heterocycles. The van der Waals surface area contributed by atoms with Crippen molar-refractivity contribution in [1.82, 2.24) is 20.2 Å². The van der Waals surface area contributed by atoms with E-state index in [0.717, 1.165) is 16.2 Å². The van der Waals surface area contributed by atoms with Gasteiger partial charge in [-0.1, -0.05) is 6.07 Å². The van der Waals surface area contributed by atoms with E-state index in [-0.39, 0.29) is 4.88 Å². The number of H-pyrrole nitrogens is 1. The molecule has 2 N–H and O–H groups in total. The summed E-state index contributed by atoms with van der Waals surface area (Å²) >= 11 is 1.15. The summed E-state index contributed by atoms with van der Waals surface area (Å²) in [6, 6.07) is 8.73. The van der Waals surface area contributed by atoms with Crippen LogP contribution in [0.2, 0.25) is 0 Å². The Kier molecular flexibility index (Phi) is 2.81. The number of carboxylic acid groups (broad SMARTS) is 1. The normalized spacial score (nSPS) is 10.5. The van der Waals surface area contributed by atoms with Crippen molar-refractivity contribution < 1.29 is 9.90 Å². The van der Waals surface area contributed by atoms with Gasteiger partial charge >= 0.3 is 5.97 Å². The van der Waals surface area contributed by atoms with Crippen LogP contribution < -0.4 is 0 Å². The van der Waals surface area contributed by atoms with Crippen molar-refractivity contribution in [1.29, 1.82) is 0 Å². The first kappa shape index (κ1) is 11.5. The molecule has 0 unspecified atom stereocenters. The number of nitrogens with zero attached hydrogens (tertiary/aromatic N) is 3. The van der Waals surface area contributed by atoms with Crippen LogP contribution in [0.25, 0.3) is 22.2 Å². The number of aromatic amines is 1. The van der Waals surface area contributed by atoms with Gasteiger partial charge in [-0.15, -0.1) is 11.3 Å². The first-order valence-corrected chi connectivity index (χ1v) is 6.23. The predicted molar refractivity (Wildman–Crippen MR) is 69.9 cm³/mol. The van der Waals surface area contributed by atoms with E-state index in [4.69, 9.17) is 5.11 Å². The highest BCUT2D eigenvalue weighted by molar-refractivity contribution is 7.17. The van der Waals surface area contributed by atoms with Gasteiger partial charge < -0.3 is 5.11 Å². The van der Waals surface area contributed by atoms with E-state index in [1.54, 1.807) is 18.3 Å². The van der Waals surface area contributed by atoms with Crippen molar-refractivity contribution in [2.75, 3.05) is 0 Å². The molecule has 6 nitrogen and oxygen atoms in total. The monoisotopic (exact) mass is 272 g/mol. The number of carbonyl (C=O) groups is 1. The molecule has 0 amide bonds. The molecule has 0 saturated carbocycles. The quantitative estimate of drug-likeness (QED) is 0.763. The van der Waals surface area contributed by atoms with Crippen LogP contribution in [-0.4, -0.2) is 31.2 Å². The van der Waals surface area contributed by atoms with Crippen LogP contribution in [0.5, 0.6) is 0 Å². The molecule has 0 saturated heterocycles. The van der Waals surface area contributed by atoms with E-state index >= 15 is 0 Å². The summed E-state index contributed by atoms with van der Waals surface area (Å²) in [6.45, 7) is 0. The topological polar surface area (TPSA) is 91.8 Å². The minimum Gasteiger partial charge on any atom is -0.477 e. The van der Waals surface area contributed by atoms with Gasteiger partial charge in [0.2, 0.25) is 0 Å². The third kappa shape index (κ3) is 2.23. The van der Waals surface area contributed by atoms with Gasteiger partial charge in [-0.25, -0.2) is 9.78 Å². The van der Waals surface area contributed by atoms with Gasteiger partial charge in [0.25, 0.3) is 0 Å². The van der Waals surface area contributed by atoms with E-state index in [0.29, 0.717) is 17.3 Å². The molecule has 94 valence electrons. The molecule has 0 atom stereocenters. The maximum absolute atomic E-state index is 10.8. The van der Waals surface area contributed by atoms with E-state index in [1.165, 1.54) is 0 Å². The summed E-state index contributed by atoms with van der Waals surface area (Å²) in [5.41, 5.74) is 0.667. The highest BCUT2D eigenvalue weighted by Crippen LogP contribution is 2.26. The van der Waals surface area contributed by atoms with Crippen molar-refractivity contribution in [3.63, 3.8) is 0 Å². The molecular formula is C12H8N4O2S. The first-order chi connectivity index (χ1) is 9.24. The molecule has 0 radical (unpaired) electrons. The standard InChI is InChI=1S/C12H8N4O2S/c17-12(18)9-5-4-8(19-9)11-14-10(15-16-11)7-3-1-2-6-13-7/h1-6H,(H,17,18)(H,14,15,16). The second-order valence-corrected chi connectivity index (χ2v) is 4.78. The Bertz CT molecular complexity index is 720. The third-order valence-electron chi connectivity index (χ3n) is 2.43. The highest BCUT2D eigenvalue weighted by atomic mass is 32.1. The fourth-order valence-electron chi connectivity index (χ4n) is 1.56. The number of hydrogen-bond acceptors (Lipinski definition) is 5.